The van der Waals surface area contributed by atoms with E-state index in [4.69, 9.17) is 5.73 Å². The van der Waals surface area contributed by atoms with E-state index in [0.717, 1.165) is 31.6 Å². The zero-order chi connectivity index (χ0) is 16.1. The molecule has 1 aromatic carbocycles. The topological polar surface area (TPSA) is 64.2 Å². The maximum Gasteiger partial charge on any atom is 0.274 e. The molecule has 1 heterocycles. The summed E-state index contributed by atoms with van der Waals surface area (Å²) in [6, 6.07) is 9.54. The molecule has 0 saturated carbocycles. The van der Waals surface area contributed by atoms with Crippen LogP contribution in [0, 0.1) is 6.92 Å². The minimum absolute atomic E-state index is 0.0544. The van der Waals surface area contributed by atoms with Gasteiger partial charge in [-0.3, -0.25) is 4.79 Å². The van der Waals surface area contributed by atoms with Gasteiger partial charge in [-0.2, -0.15) is 5.10 Å². The molecule has 1 amide bonds. The Morgan fingerprint density at radius 3 is 2.32 bits per heavy atom. The van der Waals surface area contributed by atoms with Crippen molar-refractivity contribution in [2.45, 2.75) is 33.6 Å². The van der Waals surface area contributed by atoms with Crippen molar-refractivity contribution in [2.24, 2.45) is 0 Å². The van der Waals surface area contributed by atoms with Gasteiger partial charge >= 0.3 is 0 Å². The molecule has 0 saturated heterocycles. The smallest absolute Gasteiger partial charge is 0.274 e. The molecule has 0 spiro atoms. The molecule has 0 radical (unpaired) electrons. The van der Waals surface area contributed by atoms with Crippen molar-refractivity contribution in [3.8, 4) is 5.69 Å². The fourth-order valence-corrected chi connectivity index (χ4v) is 2.41. The maximum absolute atomic E-state index is 12.6. The summed E-state index contributed by atoms with van der Waals surface area (Å²) < 4.78 is 1.61. The molecule has 5 heteroatoms. The van der Waals surface area contributed by atoms with Gasteiger partial charge in [-0.1, -0.05) is 31.5 Å². The summed E-state index contributed by atoms with van der Waals surface area (Å²) in [4.78, 5) is 14.4. The fourth-order valence-electron chi connectivity index (χ4n) is 2.41. The highest BCUT2D eigenvalue weighted by atomic mass is 16.2. The molecule has 118 valence electrons. The number of nitrogens with two attached hydrogens (primary N) is 1. The van der Waals surface area contributed by atoms with Crippen LogP contribution in [0.1, 0.15) is 42.7 Å². The van der Waals surface area contributed by atoms with Gasteiger partial charge in [0.15, 0.2) is 5.69 Å². The Kier molecular flexibility index (Phi) is 5.20. The minimum Gasteiger partial charge on any atom is -0.384 e. The zero-order valence-electron chi connectivity index (χ0n) is 13.5. The highest BCUT2D eigenvalue weighted by Gasteiger charge is 2.19. The molecule has 0 atom stereocenters. The molecular formula is C17H24N4O. The molecule has 0 aliphatic carbocycles. The number of anilines is 1. The summed E-state index contributed by atoms with van der Waals surface area (Å²) in [5.41, 5.74) is 8.46. The van der Waals surface area contributed by atoms with E-state index in [1.54, 1.807) is 10.7 Å². The Hall–Kier alpha value is -2.30. The number of carbonyl (C=O) groups is 1. The Bertz CT molecular complexity index is 625. The number of carbonyl (C=O) groups excluding carboxylic acids is 1. The lowest BCUT2D eigenvalue weighted by atomic mass is 10.2. The summed E-state index contributed by atoms with van der Waals surface area (Å²) in [7, 11) is 0. The molecule has 0 unspecified atom stereocenters. The number of hydrogen-bond donors (Lipinski definition) is 1. The molecule has 0 aliphatic heterocycles. The van der Waals surface area contributed by atoms with Gasteiger partial charge in [0.2, 0.25) is 0 Å². The van der Waals surface area contributed by atoms with Crippen LogP contribution in [0.3, 0.4) is 0 Å². The third kappa shape index (κ3) is 3.47. The zero-order valence-corrected chi connectivity index (χ0v) is 13.5. The highest BCUT2D eigenvalue weighted by molar-refractivity contribution is 5.93. The molecular weight excluding hydrogens is 276 g/mol. The van der Waals surface area contributed by atoms with E-state index in [2.05, 4.69) is 18.9 Å². The first kappa shape index (κ1) is 16.1. The summed E-state index contributed by atoms with van der Waals surface area (Å²) in [6.45, 7) is 7.64. The van der Waals surface area contributed by atoms with Crippen molar-refractivity contribution in [1.29, 1.82) is 0 Å². The second-order valence-corrected chi connectivity index (χ2v) is 5.49. The molecule has 2 N–H and O–H groups in total. The highest BCUT2D eigenvalue weighted by Crippen LogP contribution is 2.16. The van der Waals surface area contributed by atoms with E-state index in [9.17, 15) is 4.79 Å². The fraction of sp³-hybridized carbons (Fsp3) is 0.412. The number of aromatic nitrogens is 2. The number of nitrogens with zero attached hydrogens (tertiary/aromatic N) is 3. The standard InChI is InChI=1S/C17H24N4O/c1-4-10-20(11-5-2)17(22)15-12-16(18)21(19-15)14-8-6-13(3)7-9-14/h6-9,12H,4-5,10-11,18H2,1-3H3. The molecule has 5 nitrogen and oxygen atoms in total. The monoisotopic (exact) mass is 300 g/mol. The molecule has 2 aromatic rings. The van der Waals surface area contributed by atoms with Crippen molar-refractivity contribution in [3.63, 3.8) is 0 Å². The van der Waals surface area contributed by atoms with Crippen molar-refractivity contribution < 1.29 is 4.79 Å². The van der Waals surface area contributed by atoms with Crippen LogP contribution in [0.25, 0.3) is 5.69 Å². The number of hydrogen-bond acceptors (Lipinski definition) is 3. The molecule has 0 fully saturated rings. The number of rotatable bonds is 6. The van der Waals surface area contributed by atoms with Crippen LogP contribution in [0.5, 0.6) is 0 Å². The van der Waals surface area contributed by atoms with Crippen LogP contribution < -0.4 is 5.73 Å². The van der Waals surface area contributed by atoms with E-state index >= 15 is 0 Å². The molecule has 1 aromatic heterocycles. The summed E-state index contributed by atoms with van der Waals surface area (Å²) >= 11 is 0. The lowest BCUT2D eigenvalue weighted by Crippen LogP contribution is -2.32. The second kappa shape index (κ2) is 7.11. The first-order valence-electron chi connectivity index (χ1n) is 7.78. The molecule has 22 heavy (non-hydrogen) atoms. The number of amides is 1. The van der Waals surface area contributed by atoms with E-state index < -0.39 is 0 Å². The van der Waals surface area contributed by atoms with Crippen LogP contribution in [0.15, 0.2) is 30.3 Å². The maximum atomic E-state index is 12.6. The van der Waals surface area contributed by atoms with Gasteiger partial charge in [0.05, 0.1) is 5.69 Å². The normalized spacial score (nSPS) is 10.7. The van der Waals surface area contributed by atoms with E-state index in [1.165, 1.54) is 5.56 Å². The van der Waals surface area contributed by atoms with Crippen LogP contribution in [-0.2, 0) is 0 Å². The number of benzene rings is 1. The lowest BCUT2D eigenvalue weighted by Gasteiger charge is -2.20. The first-order chi connectivity index (χ1) is 10.6. The summed E-state index contributed by atoms with van der Waals surface area (Å²) in [6.07, 6.45) is 1.86. The number of aryl methyl sites for hydroxylation is 1. The van der Waals surface area contributed by atoms with Gasteiger partial charge in [-0.25, -0.2) is 4.68 Å². The number of nitrogen functional groups attached to an aromatic ring is 1. The summed E-state index contributed by atoms with van der Waals surface area (Å²) in [5, 5.41) is 4.40. The molecule has 2 rings (SSSR count). The molecule has 0 bridgehead atoms. The van der Waals surface area contributed by atoms with Crippen LogP contribution in [0.4, 0.5) is 5.82 Å². The Labute approximate surface area is 131 Å². The largest absolute Gasteiger partial charge is 0.384 e. The minimum atomic E-state index is -0.0544. The van der Waals surface area contributed by atoms with E-state index in [1.807, 2.05) is 36.1 Å². The predicted molar refractivity (Wildman–Crippen MR) is 89.2 cm³/mol. The lowest BCUT2D eigenvalue weighted by molar-refractivity contribution is 0.0749. The Morgan fingerprint density at radius 2 is 1.77 bits per heavy atom. The first-order valence-corrected chi connectivity index (χ1v) is 7.78. The molecule has 0 aliphatic rings. The van der Waals surface area contributed by atoms with Crippen molar-refractivity contribution in [2.75, 3.05) is 18.8 Å². The van der Waals surface area contributed by atoms with Crippen LogP contribution in [-0.4, -0.2) is 33.7 Å². The van der Waals surface area contributed by atoms with Crippen LogP contribution >= 0.6 is 0 Å². The van der Waals surface area contributed by atoms with Crippen LogP contribution in [0.2, 0.25) is 0 Å². The Morgan fingerprint density at radius 1 is 1.18 bits per heavy atom. The van der Waals surface area contributed by atoms with Gasteiger partial charge in [0.1, 0.15) is 5.82 Å². The van der Waals surface area contributed by atoms with Gasteiger partial charge in [-0.05, 0) is 31.9 Å². The van der Waals surface area contributed by atoms with E-state index in [0.29, 0.717) is 11.5 Å². The Balaban J connectivity index is 2.28. The third-order valence-corrected chi connectivity index (χ3v) is 3.51. The van der Waals surface area contributed by atoms with Gasteiger partial charge in [-0.15, -0.1) is 0 Å². The van der Waals surface area contributed by atoms with Crippen molar-refractivity contribution >= 4 is 11.7 Å². The average Bonchev–Trinajstić information content (AvgIpc) is 2.89. The average molecular weight is 300 g/mol. The summed E-state index contributed by atoms with van der Waals surface area (Å²) in [5.74, 6) is 0.418. The van der Waals surface area contributed by atoms with Gasteiger partial charge in [0.25, 0.3) is 5.91 Å². The second-order valence-electron chi connectivity index (χ2n) is 5.49. The SMILES string of the molecule is CCCN(CCC)C(=O)c1cc(N)n(-c2ccc(C)cc2)n1. The van der Waals surface area contributed by atoms with Crippen molar-refractivity contribution in [1.82, 2.24) is 14.7 Å². The van der Waals surface area contributed by atoms with Crippen molar-refractivity contribution in [3.05, 3.63) is 41.6 Å². The third-order valence-electron chi connectivity index (χ3n) is 3.51. The van der Waals surface area contributed by atoms with Gasteiger partial charge in [0, 0.05) is 19.2 Å². The predicted octanol–water partition coefficient (Wildman–Crippen LogP) is 3.03. The quantitative estimate of drug-likeness (QED) is 0.892. The van der Waals surface area contributed by atoms with Gasteiger partial charge < -0.3 is 10.6 Å². The van der Waals surface area contributed by atoms with E-state index in [-0.39, 0.29) is 5.91 Å².